The second kappa shape index (κ2) is 5.35. The number of nitrogens with two attached hydrogens (primary N) is 1. The Balaban J connectivity index is 3.99. The number of carbonyl (C=O) groups excluding carboxylic acids is 1. The van der Waals surface area contributed by atoms with Crippen LogP contribution >= 0.6 is 0 Å². The lowest BCUT2D eigenvalue weighted by Crippen LogP contribution is -2.57. The van der Waals surface area contributed by atoms with E-state index < -0.39 is 5.54 Å². The van der Waals surface area contributed by atoms with Gasteiger partial charge in [0.1, 0.15) is 0 Å². The number of amides is 2. The zero-order valence-corrected chi connectivity index (χ0v) is 10.6. The summed E-state index contributed by atoms with van der Waals surface area (Å²) in [6.07, 6.45) is 0.937. The molecular formula is C11H25N3O. The van der Waals surface area contributed by atoms with Crippen LogP contribution in [0.2, 0.25) is 0 Å². The van der Waals surface area contributed by atoms with Crippen LogP contribution in [0.4, 0.5) is 4.79 Å². The van der Waals surface area contributed by atoms with Crippen molar-refractivity contribution < 1.29 is 4.79 Å². The average Bonchev–Trinajstić information content (AvgIpc) is 2.09. The van der Waals surface area contributed by atoms with Crippen molar-refractivity contribution in [2.24, 2.45) is 11.1 Å². The first kappa shape index (κ1) is 14.2. The number of hydrogen-bond acceptors (Lipinski definition) is 2. The van der Waals surface area contributed by atoms with Crippen LogP contribution in [0.25, 0.3) is 0 Å². The molecule has 1 atom stereocenters. The maximum Gasteiger partial charge on any atom is 0.314 e. The Morgan fingerprint density at radius 1 is 1.20 bits per heavy atom. The Kier molecular flexibility index (Phi) is 5.08. The lowest BCUT2D eigenvalue weighted by atomic mass is 9.75. The lowest BCUT2D eigenvalue weighted by molar-refractivity contribution is 0.196. The largest absolute Gasteiger partial charge is 0.338 e. The van der Waals surface area contributed by atoms with Gasteiger partial charge in [-0.25, -0.2) is 4.79 Å². The van der Waals surface area contributed by atoms with Gasteiger partial charge in [0.25, 0.3) is 0 Å². The maximum absolute atomic E-state index is 11.3. The molecule has 0 aromatic heterocycles. The van der Waals surface area contributed by atoms with Gasteiger partial charge in [-0.15, -0.1) is 0 Å². The Morgan fingerprint density at radius 2 is 1.73 bits per heavy atom. The predicted molar refractivity (Wildman–Crippen MR) is 63.7 cm³/mol. The number of urea groups is 1. The summed E-state index contributed by atoms with van der Waals surface area (Å²) in [5.41, 5.74) is 5.69. The topological polar surface area (TPSA) is 67.2 Å². The first-order valence-corrected chi connectivity index (χ1v) is 5.51. The molecule has 15 heavy (non-hydrogen) atoms. The van der Waals surface area contributed by atoms with Crippen molar-refractivity contribution >= 4 is 6.03 Å². The molecule has 0 heterocycles. The molecule has 0 aliphatic heterocycles. The van der Waals surface area contributed by atoms with Crippen molar-refractivity contribution in [1.29, 1.82) is 0 Å². The smallest absolute Gasteiger partial charge is 0.314 e. The predicted octanol–water partition coefficient (Wildman–Crippen LogP) is 1.46. The molecular weight excluding hydrogens is 190 g/mol. The molecule has 4 nitrogen and oxygen atoms in total. The first-order chi connectivity index (χ1) is 6.70. The number of hydrogen-bond donors (Lipinski definition) is 3. The van der Waals surface area contributed by atoms with Crippen LogP contribution in [0.1, 0.15) is 41.0 Å². The van der Waals surface area contributed by atoms with E-state index in [2.05, 4.69) is 31.4 Å². The van der Waals surface area contributed by atoms with Crippen LogP contribution in [0.3, 0.4) is 0 Å². The minimum Gasteiger partial charge on any atom is -0.338 e. The van der Waals surface area contributed by atoms with Crippen molar-refractivity contribution in [3.05, 3.63) is 0 Å². The van der Waals surface area contributed by atoms with Gasteiger partial charge < -0.3 is 16.4 Å². The third kappa shape index (κ3) is 5.02. The van der Waals surface area contributed by atoms with Crippen molar-refractivity contribution in [2.75, 3.05) is 13.1 Å². The summed E-state index contributed by atoms with van der Waals surface area (Å²) in [6.45, 7) is 11.3. The molecule has 1 unspecified atom stereocenters. The van der Waals surface area contributed by atoms with Gasteiger partial charge in [0.15, 0.2) is 0 Å². The van der Waals surface area contributed by atoms with Gasteiger partial charge >= 0.3 is 6.03 Å². The van der Waals surface area contributed by atoms with Gasteiger partial charge in [-0.1, -0.05) is 27.7 Å². The molecule has 0 rings (SSSR count). The van der Waals surface area contributed by atoms with Gasteiger partial charge in [0.2, 0.25) is 0 Å². The van der Waals surface area contributed by atoms with Gasteiger partial charge in [0.05, 0.1) is 0 Å². The highest BCUT2D eigenvalue weighted by Crippen LogP contribution is 2.26. The van der Waals surface area contributed by atoms with Gasteiger partial charge in [-0.05, 0) is 18.8 Å². The van der Waals surface area contributed by atoms with E-state index in [1.165, 1.54) is 0 Å². The Labute approximate surface area is 93.0 Å². The van der Waals surface area contributed by atoms with Crippen LogP contribution in [-0.2, 0) is 0 Å². The van der Waals surface area contributed by atoms with Gasteiger partial charge in [-0.3, -0.25) is 0 Å². The van der Waals surface area contributed by atoms with Gasteiger partial charge in [0, 0.05) is 18.6 Å². The van der Waals surface area contributed by atoms with E-state index in [-0.39, 0.29) is 11.4 Å². The summed E-state index contributed by atoms with van der Waals surface area (Å²) in [4.78, 5) is 11.3. The molecule has 0 aromatic rings. The van der Waals surface area contributed by atoms with Crippen molar-refractivity contribution in [2.45, 2.75) is 46.6 Å². The normalized spacial score (nSPS) is 15.6. The average molecular weight is 215 g/mol. The highest BCUT2D eigenvalue weighted by Gasteiger charge is 2.33. The molecule has 0 spiro atoms. The minimum absolute atomic E-state index is 0.0367. The lowest BCUT2D eigenvalue weighted by Gasteiger charge is -2.38. The number of rotatable bonds is 4. The summed E-state index contributed by atoms with van der Waals surface area (Å²) in [5.74, 6) is 0. The van der Waals surface area contributed by atoms with Crippen LogP contribution in [-0.4, -0.2) is 24.7 Å². The van der Waals surface area contributed by atoms with E-state index >= 15 is 0 Å². The quantitative estimate of drug-likeness (QED) is 0.664. The summed E-state index contributed by atoms with van der Waals surface area (Å²) in [5, 5.41) is 5.54. The SMILES string of the molecule is CCCNC(=O)NCC(C)(N)C(C)(C)C. The van der Waals surface area contributed by atoms with E-state index in [0.717, 1.165) is 6.42 Å². The molecule has 0 bridgehead atoms. The van der Waals surface area contributed by atoms with Crippen molar-refractivity contribution in [1.82, 2.24) is 10.6 Å². The van der Waals surface area contributed by atoms with E-state index in [1.54, 1.807) is 0 Å². The fourth-order valence-corrected chi connectivity index (χ4v) is 0.830. The zero-order chi connectivity index (χ0) is 12.1. The monoisotopic (exact) mass is 215 g/mol. The molecule has 0 fully saturated rings. The third-order valence-corrected chi connectivity index (χ3v) is 2.87. The molecule has 0 saturated carbocycles. The Morgan fingerprint density at radius 3 is 2.13 bits per heavy atom. The van der Waals surface area contributed by atoms with E-state index in [0.29, 0.717) is 13.1 Å². The van der Waals surface area contributed by atoms with Crippen LogP contribution in [0.15, 0.2) is 0 Å². The van der Waals surface area contributed by atoms with E-state index in [4.69, 9.17) is 5.73 Å². The summed E-state index contributed by atoms with van der Waals surface area (Å²) in [6, 6.07) is -0.141. The molecule has 0 saturated heterocycles. The second-order valence-corrected chi connectivity index (χ2v) is 5.28. The fraction of sp³-hybridized carbons (Fsp3) is 0.909. The van der Waals surface area contributed by atoms with Gasteiger partial charge in [-0.2, -0.15) is 0 Å². The van der Waals surface area contributed by atoms with Crippen LogP contribution < -0.4 is 16.4 Å². The highest BCUT2D eigenvalue weighted by atomic mass is 16.2. The Bertz CT molecular complexity index is 206. The van der Waals surface area contributed by atoms with Crippen LogP contribution in [0, 0.1) is 5.41 Å². The Hall–Kier alpha value is -0.770. The number of carbonyl (C=O) groups is 1. The maximum atomic E-state index is 11.3. The molecule has 0 radical (unpaired) electrons. The van der Waals surface area contributed by atoms with Crippen LogP contribution in [0.5, 0.6) is 0 Å². The second-order valence-electron chi connectivity index (χ2n) is 5.28. The molecule has 0 aromatic carbocycles. The molecule has 90 valence electrons. The van der Waals surface area contributed by atoms with Crippen molar-refractivity contribution in [3.63, 3.8) is 0 Å². The van der Waals surface area contributed by atoms with E-state index in [9.17, 15) is 4.79 Å². The van der Waals surface area contributed by atoms with E-state index in [1.807, 2.05) is 13.8 Å². The molecule has 4 heteroatoms. The number of nitrogens with one attached hydrogen (secondary N) is 2. The summed E-state index contributed by atoms with van der Waals surface area (Å²) in [7, 11) is 0. The van der Waals surface area contributed by atoms with Crippen molar-refractivity contribution in [3.8, 4) is 0 Å². The molecule has 0 aliphatic carbocycles. The molecule has 2 amide bonds. The standard InChI is InChI=1S/C11H25N3O/c1-6-7-13-9(15)14-8-11(5,12)10(2,3)4/h6-8,12H2,1-5H3,(H2,13,14,15). The first-order valence-electron chi connectivity index (χ1n) is 5.51. The third-order valence-electron chi connectivity index (χ3n) is 2.87. The fourth-order valence-electron chi connectivity index (χ4n) is 0.830. The minimum atomic E-state index is -0.406. The molecule has 4 N–H and O–H groups in total. The summed E-state index contributed by atoms with van der Waals surface area (Å²) >= 11 is 0. The molecule has 0 aliphatic rings. The summed E-state index contributed by atoms with van der Waals surface area (Å²) < 4.78 is 0. The highest BCUT2D eigenvalue weighted by molar-refractivity contribution is 5.73. The zero-order valence-electron chi connectivity index (χ0n) is 10.6.